The number of hydrogen-bond acceptors (Lipinski definition) is 2. The van der Waals surface area contributed by atoms with Crippen LogP contribution in [-0.4, -0.2) is 29.9 Å². The number of likely N-dealkylation sites (tertiary alicyclic amines) is 1. The molecule has 3 rings (SSSR count). The van der Waals surface area contributed by atoms with Crippen LogP contribution in [0.5, 0.6) is 0 Å². The van der Waals surface area contributed by atoms with Crippen molar-refractivity contribution in [2.45, 2.75) is 25.7 Å². The zero-order valence-corrected chi connectivity index (χ0v) is 14.4. The molecule has 0 aromatic heterocycles. The molecule has 1 heterocycles. The lowest BCUT2D eigenvalue weighted by Gasteiger charge is -2.18. The van der Waals surface area contributed by atoms with Crippen molar-refractivity contribution in [1.82, 2.24) is 4.90 Å². The molecule has 1 fully saturated rings. The van der Waals surface area contributed by atoms with Crippen LogP contribution in [0, 0.1) is 0 Å². The van der Waals surface area contributed by atoms with Crippen molar-refractivity contribution in [3.63, 3.8) is 0 Å². The van der Waals surface area contributed by atoms with Gasteiger partial charge in [-0.25, -0.2) is 4.79 Å². The van der Waals surface area contributed by atoms with E-state index in [1.54, 1.807) is 13.0 Å². The molecule has 2 N–H and O–H groups in total. The summed E-state index contributed by atoms with van der Waals surface area (Å²) in [5, 5.41) is 5.72. The first-order valence-corrected chi connectivity index (χ1v) is 8.66. The Labute approximate surface area is 148 Å². The Morgan fingerprint density at radius 2 is 1.76 bits per heavy atom. The van der Waals surface area contributed by atoms with E-state index in [1.807, 2.05) is 41.3 Å². The maximum absolute atomic E-state index is 12.5. The molecule has 1 atom stereocenters. The van der Waals surface area contributed by atoms with E-state index in [1.165, 1.54) is 5.56 Å². The lowest BCUT2D eigenvalue weighted by molar-refractivity contribution is -0.115. The van der Waals surface area contributed by atoms with E-state index >= 15 is 0 Å². The summed E-state index contributed by atoms with van der Waals surface area (Å²) in [4.78, 5) is 25.8. The second-order valence-electron chi connectivity index (χ2n) is 6.25. The first-order chi connectivity index (χ1) is 12.2. The third-order valence-corrected chi connectivity index (χ3v) is 4.47. The molecule has 2 aromatic rings. The minimum Gasteiger partial charge on any atom is -0.326 e. The van der Waals surface area contributed by atoms with Gasteiger partial charge in [0.1, 0.15) is 0 Å². The van der Waals surface area contributed by atoms with Crippen molar-refractivity contribution >= 4 is 23.3 Å². The van der Waals surface area contributed by atoms with E-state index in [2.05, 4.69) is 22.8 Å². The Hall–Kier alpha value is -2.82. The molecule has 1 saturated heterocycles. The number of rotatable bonds is 4. The van der Waals surface area contributed by atoms with Crippen LogP contribution in [-0.2, 0) is 4.79 Å². The summed E-state index contributed by atoms with van der Waals surface area (Å²) in [6, 6.07) is 17.4. The summed E-state index contributed by atoms with van der Waals surface area (Å²) in [6.45, 7) is 3.28. The summed E-state index contributed by atoms with van der Waals surface area (Å²) in [5.74, 6) is 0.343. The normalized spacial score (nSPS) is 16.5. The standard InChI is InChI=1S/C20H23N3O2/c1-2-19(24)21-17-9-6-10-18(13-17)22-20(25)23-12-11-16(14-23)15-7-4-3-5-8-15/h3-10,13,16H,2,11-12,14H2,1H3,(H,21,24)(H,22,25). The molecular formula is C20H23N3O2. The first-order valence-electron chi connectivity index (χ1n) is 8.66. The van der Waals surface area contributed by atoms with Crippen molar-refractivity contribution < 1.29 is 9.59 Å². The summed E-state index contributed by atoms with van der Waals surface area (Å²) in [5.41, 5.74) is 2.65. The molecule has 3 amide bonds. The Bertz CT molecular complexity index is 746. The van der Waals surface area contributed by atoms with Crippen molar-refractivity contribution in [2.75, 3.05) is 23.7 Å². The molecule has 0 saturated carbocycles. The molecule has 1 aliphatic heterocycles. The highest BCUT2D eigenvalue weighted by Gasteiger charge is 2.27. The van der Waals surface area contributed by atoms with Gasteiger partial charge in [-0.3, -0.25) is 4.79 Å². The number of benzene rings is 2. The Balaban J connectivity index is 1.59. The van der Waals surface area contributed by atoms with Crippen LogP contribution in [0.15, 0.2) is 54.6 Å². The van der Waals surface area contributed by atoms with Crippen LogP contribution in [0.4, 0.5) is 16.2 Å². The molecule has 2 aromatic carbocycles. The van der Waals surface area contributed by atoms with Crippen molar-refractivity contribution in [3.05, 3.63) is 60.2 Å². The van der Waals surface area contributed by atoms with E-state index < -0.39 is 0 Å². The summed E-state index contributed by atoms with van der Waals surface area (Å²) >= 11 is 0. The van der Waals surface area contributed by atoms with Crippen molar-refractivity contribution in [1.29, 1.82) is 0 Å². The van der Waals surface area contributed by atoms with E-state index in [0.29, 0.717) is 23.7 Å². The molecule has 1 unspecified atom stereocenters. The third kappa shape index (κ3) is 4.38. The molecular weight excluding hydrogens is 314 g/mol. The Kier molecular flexibility index (Phi) is 5.33. The zero-order chi connectivity index (χ0) is 17.6. The zero-order valence-electron chi connectivity index (χ0n) is 14.4. The smallest absolute Gasteiger partial charge is 0.321 e. The summed E-state index contributed by atoms with van der Waals surface area (Å²) in [7, 11) is 0. The Morgan fingerprint density at radius 3 is 2.48 bits per heavy atom. The molecule has 5 nitrogen and oxygen atoms in total. The predicted octanol–water partition coefficient (Wildman–Crippen LogP) is 4.06. The number of carbonyl (C=O) groups is 2. The second-order valence-corrected chi connectivity index (χ2v) is 6.25. The van der Waals surface area contributed by atoms with Gasteiger partial charge in [0.25, 0.3) is 0 Å². The highest BCUT2D eigenvalue weighted by molar-refractivity contribution is 5.93. The molecule has 0 spiro atoms. The quantitative estimate of drug-likeness (QED) is 0.884. The Morgan fingerprint density at radius 1 is 1.04 bits per heavy atom. The topological polar surface area (TPSA) is 61.4 Å². The molecule has 25 heavy (non-hydrogen) atoms. The van der Waals surface area contributed by atoms with Crippen molar-refractivity contribution in [3.8, 4) is 0 Å². The van der Waals surface area contributed by atoms with Crippen LogP contribution in [0.1, 0.15) is 31.2 Å². The molecule has 1 aliphatic rings. The van der Waals surface area contributed by atoms with Gasteiger partial charge >= 0.3 is 6.03 Å². The minimum absolute atomic E-state index is 0.0475. The van der Waals surface area contributed by atoms with Crippen LogP contribution in [0.25, 0.3) is 0 Å². The number of carbonyl (C=O) groups excluding carboxylic acids is 2. The number of hydrogen-bond donors (Lipinski definition) is 2. The number of urea groups is 1. The van der Waals surface area contributed by atoms with Crippen LogP contribution >= 0.6 is 0 Å². The monoisotopic (exact) mass is 337 g/mol. The van der Waals surface area contributed by atoms with Gasteiger partial charge in [-0.1, -0.05) is 43.3 Å². The largest absolute Gasteiger partial charge is 0.326 e. The van der Waals surface area contributed by atoms with Gasteiger partial charge in [0, 0.05) is 36.8 Å². The lowest BCUT2D eigenvalue weighted by Crippen LogP contribution is -2.32. The fourth-order valence-electron chi connectivity index (χ4n) is 3.07. The summed E-state index contributed by atoms with van der Waals surface area (Å²) < 4.78 is 0. The van der Waals surface area contributed by atoms with Gasteiger partial charge < -0.3 is 15.5 Å². The molecule has 130 valence electrons. The van der Waals surface area contributed by atoms with Crippen LogP contribution < -0.4 is 10.6 Å². The second kappa shape index (κ2) is 7.83. The van der Waals surface area contributed by atoms with E-state index in [4.69, 9.17) is 0 Å². The van der Waals surface area contributed by atoms with Gasteiger partial charge in [0.15, 0.2) is 0 Å². The maximum atomic E-state index is 12.5. The van der Waals surface area contributed by atoms with Gasteiger partial charge in [-0.2, -0.15) is 0 Å². The highest BCUT2D eigenvalue weighted by Crippen LogP contribution is 2.27. The number of anilines is 2. The maximum Gasteiger partial charge on any atom is 0.321 e. The van der Waals surface area contributed by atoms with Gasteiger partial charge in [-0.05, 0) is 30.2 Å². The average Bonchev–Trinajstić information content (AvgIpc) is 3.13. The fraction of sp³-hybridized carbons (Fsp3) is 0.300. The van der Waals surface area contributed by atoms with Crippen LogP contribution in [0.2, 0.25) is 0 Å². The fourth-order valence-corrected chi connectivity index (χ4v) is 3.07. The molecule has 0 aliphatic carbocycles. The predicted molar refractivity (Wildman–Crippen MR) is 99.8 cm³/mol. The molecule has 0 radical (unpaired) electrons. The molecule has 5 heteroatoms. The average molecular weight is 337 g/mol. The van der Waals surface area contributed by atoms with Gasteiger partial charge in [0.2, 0.25) is 5.91 Å². The number of nitrogens with one attached hydrogen (secondary N) is 2. The SMILES string of the molecule is CCC(=O)Nc1cccc(NC(=O)N2CCC(c3ccccc3)C2)c1. The van der Waals surface area contributed by atoms with Gasteiger partial charge in [-0.15, -0.1) is 0 Å². The summed E-state index contributed by atoms with van der Waals surface area (Å²) in [6.07, 6.45) is 1.40. The lowest BCUT2D eigenvalue weighted by atomic mass is 9.99. The number of nitrogens with zero attached hydrogens (tertiary/aromatic N) is 1. The molecule has 0 bridgehead atoms. The first kappa shape index (κ1) is 17.0. The van der Waals surface area contributed by atoms with Crippen LogP contribution in [0.3, 0.4) is 0 Å². The van der Waals surface area contributed by atoms with E-state index in [9.17, 15) is 9.59 Å². The van der Waals surface area contributed by atoms with Crippen molar-refractivity contribution in [2.24, 2.45) is 0 Å². The van der Waals surface area contributed by atoms with Gasteiger partial charge in [0.05, 0.1) is 0 Å². The van der Waals surface area contributed by atoms with E-state index in [-0.39, 0.29) is 11.9 Å². The minimum atomic E-state index is -0.0996. The highest BCUT2D eigenvalue weighted by atomic mass is 16.2. The van der Waals surface area contributed by atoms with E-state index in [0.717, 1.165) is 19.5 Å². The number of amides is 3. The third-order valence-electron chi connectivity index (χ3n) is 4.47.